The van der Waals surface area contributed by atoms with Crippen molar-refractivity contribution in [2.75, 3.05) is 13.2 Å². The highest BCUT2D eigenvalue weighted by Gasteiger charge is 2.28. The Morgan fingerprint density at radius 2 is 1.91 bits per heavy atom. The summed E-state index contributed by atoms with van der Waals surface area (Å²) in [5, 5.41) is 22.3. The van der Waals surface area contributed by atoms with Gasteiger partial charge < -0.3 is 20.3 Å². The summed E-state index contributed by atoms with van der Waals surface area (Å²) in [5.74, 6) is -3.39. The van der Waals surface area contributed by atoms with Crippen LogP contribution in [0.3, 0.4) is 0 Å². The lowest BCUT2D eigenvalue weighted by atomic mass is 9.88. The molecule has 0 aromatic heterocycles. The van der Waals surface area contributed by atoms with Crippen molar-refractivity contribution in [3.05, 3.63) is 70.8 Å². The van der Waals surface area contributed by atoms with E-state index in [-0.39, 0.29) is 30.0 Å². The Hall–Kier alpha value is -2.77. The number of ether oxygens (including phenoxy) is 1. The Kier molecular flexibility index (Phi) is 7.64. The average Bonchev–Trinajstić information content (AvgIpc) is 3.13. The molecule has 3 rings (SSSR count). The SMILES string of the molecule is CC(C)(CC1Cc2ccccc2C1)NCC(O)COc1cc(C=CC(=O)O)cc(F)c1F. The van der Waals surface area contributed by atoms with E-state index in [4.69, 9.17) is 9.84 Å². The van der Waals surface area contributed by atoms with Crippen molar-refractivity contribution in [1.82, 2.24) is 5.32 Å². The van der Waals surface area contributed by atoms with Gasteiger partial charge in [-0.25, -0.2) is 9.18 Å². The maximum absolute atomic E-state index is 14.0. The van der Waals surface area contributed by atoms with Crippen molar-refractivity contribution in [2.24, 2.45) is 5.92 Å². The predicted octanol–water partition coefficient (Wildman–Crippen LogP) is 3.98. The molecule has 0 spiro atoms. The van der Waals surface area contributed by atoms with Gasteiger partial charge in [-0.3, -0.25) is 0 Å². The fourth-order valence-corrected chi connectivity index (χ4v) is 4.18. The van der Waals surface area contributed by atoms with E-state index in [1.54, 1.807) is 0 Å². The number of β-amino-alcohol motifs (C(OH)–C–C–N with tert-alkyl or cyclic N) is 1. The van der Waals surface area contributed by atoms with Gasteiger partial charge in [-0.15, -0.1) is 0 Å². The molecule has 5 nitrogen and oxygen atoms in total. The number of carbonyl (C=O) groups is 1. The molecule has 32 heavy (non-hydrogen) atoms. The van der Waals surface area contributed by atoms with Crippen molar-refractivity contribution in [3.8, 4) is 5.75 Å². The summed E-state index contributed by atoms with van der Waals surface area (Å²) in [6.45, 7) is 4.16. The lowest BCUT2D eigenvalue weighted by Crippen LogP contribution is -2.46. The van der Waals surface area contributed by atoms with Gasteiger partial charge in [0.25, 0.3) is 0 Å². The van der Waals surface area contributed by atoms with Crippen LogP contribution in [0.15, 0.2) is 42.5 Å². The molecule has 0 heterocycles. The number of aliphatic carboxylic acids is 1. The predicted molar refractivity (Wildman–Crippen MR) is 119 cm³/mol. The number of hydrogen-bond acceptors (Lipinski definition) is 4. The fraction of sp³-hybridized carbons (Fsp3) is 0.400. The van der Waals surface area contributed by atoms with Crippen molar-refractivity contribution in [3.63, 3.8) is 0 Å². The number of aliphatic hydroxyl groups excluding tert-OH is 1. The van der Waals surface area contributed by atoms with Gasteiger partial charge in [0, 0.05) is 18.2 Å². The molecule has 1 unspecified atom stereocenters. The second-order valence-corrected chi connectivity index (χ2v) is 8.96. The van der Waals surface area contributed by atoms with Crippen molar-refractivity contribution in [2.45, 2.75) is 44.8 Å². The van der Waals surface area contributed by atoms with Gasteiger partial charge in [0.15, 0.2) is 11.6 Å². The number of benzene rings is 2. The molecule has 0 fully saturated rings. The number of aliphatic hydroxyl groups is 1. The maximum Gasteiger partial charge on any atom is 0.328 e. The standard InChI is InChI=1S/C25H29F2NO4/c1-25(2,13-17-9-18-5-3-4-6-19(18)10-17)28-14-20(29)15-32-22-12-16(7-8-23(30)31)11-21(26)24(22)27/h3-8,11-12,17,20,28-29H,9-10,13-15H2,1-2H3,(H,30,31). The van der Waals surface area contributed by atoms with Crippen LogP contribution in [0.1, 0.15) is 37.0 Å². The van der Waals surface area contributed by atoms with Gasteiger partial charge >= 0.3 is 5.97 Å². The summed E-state index contributed by atoms with van der Waals surface area (Å²) in [4.78, 5) is 10.6. The first-order valence-corrected chi connectivity index (χ1v) is 10.7. The average molecular weight is 446 g/mol. The summed E-state index contributed by atoms with van der Waals surface area (Å²) in [6, 6.07) is 10.5. The molecule has 7 heteroatoms. The van der Waals surface area contributed by atoms with E-state index in [9.17, 15) is 18.7 Å². The second-order valence-electron chi connectivity index (χ2n) is 8.96. The van der Waals surface area contributed by atoms with Crippen LogP contribution in [0.25, 0.3) is 6.08 Å². The summed E-state index contributed by atoms with van der Waals surface area (Å²) < 4.78 is 33.1. The first-order valence-electron chi connectivity index (χ1n) is 10.7. The molecular weight excluding hydrogens is 416 g/mol. The Labute approximate surface area is 186 Å². The minimum Gasteiger partial charge on any atom is -0.488 e. The van der Waals surface area contributed by atoms with Crippen molar-refractivity contribution < 1.29 is 28.5 Å². The Morgan fingerprint density at radius 1 is 1.25 bits per heavy atom. The van der Waals surface area contributed by atoms with Crippen LogP contribution in [0, 0.1) is 17.6 Å². The third-order valence-electron chi connectivity index (χ3n) is 5.62. The highest BCUT2D eigenvalue weighted by molar-refractivity contribution is 5.85. The second kappa shape index (κ2) is 10.2. The largest absolute Gasteiger partial charge is 0.488 e. The number of carboxylic acid groups (broad SMARTS) is 1. The third-order valence-corrected chi connectivity index (χ3v) is 5.62. The molecule has 0 amide bonds. The molecule has 3 N–H and O–H groups in total. The summed E-state index contributed by atoms with van der Waals surface area (Å²) in [7, 11) is 0. The molecule has 2 aromatic rings. The van der Waals surface area contributed by atoms with Gasteiger partial charge in [0.1, 0.15) is 12.7 Å². The van der Waals surface area contributed by atoms with E-state index in [1.165, 1.54) is 17.2 Å². The summed E-state index contributed by atoms with van der Waals surface area (Å²) >= 11 is 0. The zero-order valence-electron chi connectivity index (χ0n) is 18.3. The lowest BCUT2D eigenvalue weighted by Gasteiger charge is -2.30. The van der Waals surface area contributed by atoms with Gasteiger partial charge in [0.2, 0.25) is 5.82 Å². The Bertz CT molecular complexity index is 965. The number of halogens is 2. The number of hydrogen-bond donors (Lipinski definition) is 3. The van der Waals surface area contributed by atoms with E-state index < -0.39 is 23.7 Å². The van der Waals surface area contributed by atoms with Gasteiger partial charge in [-0.2, -0.15) is 4.39 Å². The quantitative estimate of drug-likeness (QED) is 0.482. The van der Waals surface area contributed by atoms with E-state index >= 15 is 0 Å². The molecular formula is C25H29F2NO4. The molecule has 1 atom stereocenters. The summed E-state index contributed by atoms with van der Waals surface area (Å²) in [5.41, 5.74) is 2.73. The zero-order valence-corrected chi connectivity index (χ0v) is 18.3. The molecule has 0 aliphatic heterocycles. The molecule has 0 saturated heterocycles. The minimum absolute atomic E-state index is 0.146. The molecule has 0 saturated carbocycles. The minimum atomic E-state index is -1.21. The normalized spacial score (nSPS) is 15.2. The van der Waals surface area contributed by atoms with E-state index in [1.807, 2.05) is 0 Å². The molecule has 2 aromatic carbocycles. The van der Waals surface area contributed by atoms with Crippen LogP contribution >= 0.6 is 0 Å². The number of nitrogens with one attached hydrogen (secondary N) is 1. The first-order chi connectivity index (χ1) is 15.1. The van der Waals surface area contributed by atoms with E-state index in [0.717, 1.165) is 37.5 Å². The Morgan fingerprint density at radius 3 is 2.53 bits per heavy atom. The van der Waals surface area contributed by atoms with Crippen molar-refractivity contribution in [1.29, 1.82) is 0 Å². The topological polar surface area (TPSA) is 78.8 Å². The summed E-state index contributed by atoms with van der Waals surface area (Å²) in [6.07, 6.45) is 4.05. The van der Waals surface area contributed by atoms with Crippen LogP contribution in [-0.2, 0) is 17.6 Å². The lowest BCUT2D eigenvalue weighted by molar-refractivity contribution is -0.131. The number of carboxylic acids is 1. The third kappa shape index (κ3) is 6.61. The molecule has 172 valence electrons. The van der Waals surface area contributed by atoms with E-state index in [0.29, 0.717) is 5.92 Å². The molecule has 0 radical (unpaired) electrons. The Balaban J connectivity index is 1.49. The van der Waals surface area contributed by atoms with Crippen LogP contribution in [0.4, 0.5) is 8.78 Å². The number of rotatable bonds is 10. The van der Waals surface area contributed by atoms with E-state index in [2.05, 4.69) is 43.4 Å². The van der Waals surface area contributed by atoms with Crippen LogP contribution < -0.4 is 10.1 Å². The molecule has 1 aliphatic carbocycles. The van der Waals surface area contributed by atoms with Crippen LogP contribution in [0.2, 0.25) is 0 Å². The zero-order chi connectivity index (χ0) is 23.3. The highest BCUT2D eigenvalue weighted by Crippen LogP contribution is 2.32. The number of fused-ring (bicyclic) bond motifs is 1. The monoisotopic (exact) mass is 445 g/mol. The molecule has 0 bridgehead atoms. The van der Waals surface area contributed by atoms with Gasteiger partial charge in [-0.1, -0.05) is 24.3 Å². The maximum atomic E-state index is 14.0. The fourth-order valence-electron chi connectivity index (χ4n) is 4.18. The van der Waals surface area contributed by atoms with Gasteiger partial charge in [-0.05, 0) is 73.9 Å². The van der Waals surface area contributed by atoms with Crippen molar-refractivity contribution >= 4 is 12.0 Å². The highest BCUT2D eigenvalue weighted by atomic mass is 19.2. The van der Waals surface area contributed by atoms with Crippen LogP contribution in [0.5, 0.6) is 5.75 Å². The van der Waals surface area contributed by atoms with Gasteiger partial charge in [0.05, 0.1) is 0 Å². The smallest absolute Gasteiger partial charge is 0.328 e. The first kappa shape index (κ1) is 23.9. The van der Waals surface area contributed by atoms with Crippen LogP contribution in [-0.4, -0.2) is 41.0 Å². The molecule has 1 aliphatic rings.